The summed E-state index contributed by atoms with van der Waals surface area (Å²) in [5.41, 5.74) is 0.256. The summed E-state index contributed by atoms with van der Waals surface area (Å²) in [5, 5.41) is 9.22. The largest absolute Gasteiger partial charge is 0.480 e. The van der Waals surface area contributed by atoms with E-state index in [-0.39, 0.29) is 30.0 Å². The van der Waals surface area contributed by atoms with E-state index in [9.17, 15) is 14.4 Å². The Kier molecular flexibility index (Phi) is 5.97. The van der Waals surface area contributed by atoms with Crippen molar-refractivity contribution in [2.45, 2.75) is 11.6 Å². The number of aliphatic carboxylic acids is 1. The first-order valence-corrected chi connectivity index (χ1v) is 10.2. The van der Waals surface area contributed by atoms with E-state index in [1.54, 1.807) is 29.2 Å². The lowest BCUT2D eigenvalue weighted by Gasteiger charge is -2.63. The lowest BCUT2D eigenvalue weighted by atomic mass is 9.82. The maximum Gasteiger partial charge on any atom is 0.329 e. The van der Waals surface area contributed by atoms with E-state index in [1.807, 2.05) is 4.90 Å². The third-order valence-corrected chi connectivity index (χ3v) is 6.16. The van der Waals surface area contributed by atoms with Crippen molar-refractivity contribution in [1.82, 2.24) is 14.7 Å². The third kappa shape index (κ3) is 4.15. The molecular formula is C20H24ClN3O6. The summed E-state index contributed by atoms with van der Waals surface area (Å²) in [5.74, 6) is -1.42. The zero-order valence-electron chi connectivity index (χ0n) is 16.5. The number of morpholine rings is 1. The van der Waals surface area contributed by atoms with Gasteiger partial charge in [-0.3, -0.25) is 14.5 Å². The highest BCUT2D eigenvalue weighted by atomic mass is 35.5. The highest BCUT2D eigenvalue weighted by Crippen LogP contribution is 2.36. The summed E-state index contributed by atoms with van der Waals surface area (Å²) in [4.78, 5) is 41.8. The second-order valence-electron chi connectivity index (χ2n) is 7.98. The molecule has 0 bridgehead atoms. The number of likely N-dealkylation sites (tertiary alicyclic amines) is 1. The molecule has 3 heterocycles. The van der Waals surface area contributed by atoms with Crippen molar-refractivity contribution < 1.29 is 29.0 Å². The molecule has 9 nitrogen and oxygen atoms in total. The molecule has 0 unspecified atom stereocenters. The number of benzene rings is 1. The van der Waals surface area contributed by atoms with Crippen molar-refractivity contribution in [3.8, 4) is 0 Å². The molecule has 0 radical (unpaired) electrons. The number of piperazine rings is 1. The SMILES string of the molecule is O=C(O)COCC(=O)N1CC2(C1)CN(C(=O)c1ccc(Cl)cc1)C[C@@H]1COCCN12. The van der Waals surface area contributed by atoms with Crippen LogP contribution in [0.1, 0.15) is 10.4 Å². The van der Waals surface area contributed by atoms with Gasteiger partial charge in [0.05, 0.1) is 24.8 Å². The van der Waals surface area contributed by atoms with Crippen molar-refractivity contribution in [3.05, 3.63) is 34.9 Å². The van der Waals surface area contributed by atoms with Crippen LogP contribution in [0.25, 0.3) is 0 Å². The summed E-state index contributed by atoms with van der Waals surface area (Å²) >= 11 is 5.94. The van der Waals surface area contributed by atoms with Gasteiger partial charge < -0.3 is 24.4 Å². The smallest absolute Gasteiger partial charge is 0.329 e. The number of amides is 2. The first kappa shape index (κ1) is 21.0. The minimum atomic E-state index is -1.11. The molecule has 10 heteroatoms. The quantitative estimate of drug-likeness (QED) is 0.701. The fraction of sp³-hybridized carbons (Fsp3) is 0.550. The number of fused-ring (bicyclic) bond motifs is 2. The summed E-state index contributed by atoms with van der Waals surface area (Å²) in [6, 6.07) is 6.91. The number of nitrogens with zero attached hydrogens (tertiary/aromatic N) is 3. The van der Waals surface area contributed by atoms with E-state index >= 15 is 0 Å². The highest BCUT2D eigenvalue weighted by Gasteiger charge is 2.56. The van der Waals surface area contributed by atoms with E-state index in [2.05, 4.69) is 4.90 Å². The molecule has 1 aromatic rings. The Morgan fingerprint density at radius 1 is 1.13 bits per heavy atom. The van der Waals surface area contributed by atoms with Gasteiger partial charge in [0.25, 0.3) is 5.91 Å². The van der Waals surface area contributed by atoms with Gasteiger partial charge in [0.2, 0.25) is 5.91 Å². The molecule has 0 aromatic heterocycles. The maximum atomic E-state index is 13.1. The molecular weight excluding hydrogens is 414 g/mol. The maximum absolute atomic E-state index is 13.1. The van der Waals surface area contributed by atoms with Crippen molar-refractivity contribution >= 4 is 29.4 Å². The predicted molar refractivity (Wildman–Crippen MR) is 106 cm³/mol. The first-order chi connectivity index (χ1) is 14.4. The lowest BCUT2D eigenvalue weighted by Crippen LogP contribution is -2.81. The van der Waals surface area contributed by atoms with Gasteiger partial charge in [-0.05, 0) is 24.3 Å². The van der Waals surface area contributed by atoms with Crippen molar-refractivity contribution in [1.29, 1.82) is 0 Å². The Bertz CT molecular complexity index is 826. The number of halogens is 1. The van der Waals surface area contributed by atoms with E-state index < -0.39 is 12.6 Å². The van der Waals surface area contributed by atoms with Gasteiger partial charge in [0.1, 0.15) is 13.2 Å². The van der Waals surface area contributed by atoms with Crippen LogP contribution in [0, 0.1) is 0 Å². The molecule has 0 saturated carbocycles. The number of carboxylic acid groups (broad SMARTS) is 1. The second kappa shape index (κ2) is 8.50. The van der Waals surface area contributed by atoms with Gasteiger partial charge in [-0.1, -0.05) is 11.6 Å². The summed E-state index contributed by atoms with van der Waals surface area (Å²) in [7, 11) is 0. The van der Waals surface area contributed by atoms with Crippen LogP contribution in [-0.2, 0) is 19.1 Å². The molecule has 162 valence electrons. The van der Waals surface area contributed by atoms with Gasteiger partial charge in [0, 0.05) is 43.3 Å². The van der Waals surface area contributed by atoms with E-state index in [0.717, 1.165) is 6.54 Å². The van der Waals surface area contributed by atoms with Crippen molar-refractivity contribution in [2.24, 2.45) is 0 Å². The number of rotatable bonds is 5. The summed E-state index contributed by atoms with van der Waals surface area (Å²) in [6.07, 6.45) is 0. The normalized spacial score (nSPS) is 23.0. The van der Waals surface area contributed by atoms with Crippen LogP contribution in [0.5, 0.6) is 0 Å². The predicted octanol–water partition coefficient (Wildman–Crippen LogP) is 0.179. The van der Waals surface area contributed by atoms with Gasteiger partial charge in [-0.2, -0.15) is 0 Å². The number of ether oxygens (including phenoxy) is 2. The topological polar surface area (TPSA) is 99.6 Å². The number of carboxylic acids is 1. The highest BCUT2D eigenvalue weighted by molar-refractivity contribution is 6.30. The molecule has 1 spiro atoms. The number of hydrogen-bond acceptors (Lipinski definition) is 6. The monoisotopic (exact) mass is 437 g/mol. The van der Waals surface area contributed by atoms with E-state index in [4.69, 9.17) is 26.2 Å². The zero-order chi connectivity index (χ0) is 21.3. The Labute approximate surface area is 179 Å². The molecule has 3 aliphatic rings. The van der Waals surface area contributed by atoms with Crippen LogP contribution in [-0.4, -0.2) is 108 Å². The average molecular weight is 438 g/mol. The molecule has 1 atom stereocenters. The number of carbonyl (C=O) groups excluding carboxylic acids is 2. The van der Waals surface area contributed by atoms with Gasteiger partial charge in [-0.25, -0.2) is 4.79 Å². The zero-order valence-corrected chi connectivity index (χ0v) is 17.2. The Balaban J connectivity index is 1.45. The Morgan fingerprint density at radius 2 is 1.83 bits per heavy atom. The Morgan fingerprint density at radius 3 is 2.53 bits per heavy atom. The molecule has 1 N–H and O–H groups in total. The molecule has 2 amide bonds. The third-order valence-electron chi connectivity index (χ3n) is 5.91. The summed E-state index contributed by atoms with van der Waals surface area (Å²) < 4.78 is 10.6. The van der Waals surface area contributed by atoms with E-state index in [0.29, 0.717) is 50.0 Å². The number of carbonyl (C=O) groups is 3. The van der Waals surface area contributed by atoms with E-state index in [1.165, 1.54) is 0 Å². The summed E-state index contributed by atoms with van der Waals surface area (Å²) in [6.45, 7) is 3.20. The van der Waals surface area contributed by atoms with Gasteiger partial charge in [-0.15, -0.1) is 0 Å². The van der Waals surface area contributed by atoms with Crippen LogP contribution in [0.3, 0.4) is 0 Å². The minimum Gasteiger partial charge on any atom is -0.480 e. The van der Waals surface area contributed by atoms with Crippen molar-refractivity contribution in [2.75, 3.05) is 59.2 Å². The fourth-order valence-electron chi connectivity index (χ4n) is 4.56. The van der Waals surface area contributed by atoms with Gasteiger partial charge >= 0.3 is 5.97 Å². The molecule has 30 heavy (non-hydrogen) atoms. The lowest BCUT2D eigenvalue weighted by molar-refractivity contribution is -0.175. The first-order valence-electron chi connectivity index (χ1n) is 9.85. The average Bonchev–Trinajstić information content (AvgIpc) is 2.70. The van der Waals surface area contributed by atoms with Crippen LogP contribution in [0.2, 0.25) is 5.02 Å². The number of hydrogen-bond donors (Lipinski definition) is 1. The molecule has 0 aliphatic carbocycles. The minimum absolute atomic E-state index is 0.0640. The molecule has 3 aliphatic heterocycles. The molecule has 4 rings (SSSR count). The standard InChI is InChI=1S/C20H24ClN3O6/c21-15-3-1-14(2-4-15)19(28)22-7-16-8-29-6-5-24(16)20(11-22)12-23(13-20)17(25)9-30-10-18(26)27/h1-4,16H,5-13H2,(H,26,27)/t16-/m1/s1. The molecule has 1 aromatic carbocycles. The Hall–Kier alpha value is -2.20. The molecule has 3 fully saturated rings. The van der Waals surface area contributed by atoms with Crippen LogP contribution < -0.4 is 0 Å². The van der Waals surface area contributed by atoms with Crippen LogP contribution >= 0.6 is 11.6 Å². The molecule has 3 saturated heterocycles. The van der Waals surface area contributed by atoms with Crippen molar-refractivity contribution in [3.63, 3.8) is 0 Å². The van der Waals surface area contributed by atoms with Gasteiger partial charge in [0.15, 0.2) is 0 Å². The second-order valence-corrected chi connectivity index (χ2v) is 8.41. The van der Waals surface area contributed by atoms with Crippen LogP contribution in [0.4, 0.5) is 0 Å². The van der Waals surface area contributed by atoms with Crippen LogP contribution in [0.15, 0.2) is 24.3 Å². The fourth-order valence-corrected chi connectivity index (χ4v) is 4.69.